The number of aryl methyl sites for hydroxylation is 1. The van der Waals surface area contributed by atoms with Crippen LogP contribution in [0.25, 0.3) is 22.3 Å². The van der Waals surface area contributed by atoms with E-state index in [1.165, 1.54) is 22.4 Å². The van der Waals surface area contributed by atoms with Gasteiger partial charge < -0.3 is 33.3 Å². The SMILES string of the molecule is COc1cc(-c2cccc(CN3CCC(N(Cc4cccc(-c5cc(OC)c(OC)c(OC)c5)c4)c4ccc(C)cc4)CC3)c2)cc(OC)c1OC.Cl. The molecule has 1 heterocycles. The van der Waals surface area contributed by atoms with Crippen molar-refractivity contribution in [2.45, 2.75) is 38.9 Å². The fourth-order valence-electron chi connectivity index (χ4n) is 7.21. The lowest BCUT2D eigenvalue weighted by Gasteiger charge is -2.40. The highest BCUT2D eigenvalue weighted by atomic mass is 35.5. The Balaban J connectivity index is 0.00000541. The molecule has 0 atom stereocenters. The van der Waals surface area contributed by atoms with Gasteiger partial charge in [0.1, 0.15) is 0 Å². The molecule has 5 aromatic carbocycles. The number of nitrogens with zero attached hydrogens (tertiary/aromatic N) is 2. The number of ether oxygens (including phenoxy) is 6. The lowest BCUT2D eigenvalue weighted by molar-refractivity contribution is 0.201. The zero-order valence-electron chi connectivity index (χ0n) is 31.8. The van der Waals surface area contributed by atoms with Crippen LogP contribution >= 0.6 is 12.4 Å². The highest BCUT2D eigenvalue weighted by Crippen LogP contribution is 2.43. The number of halogens is 1. The van der Waals surface area contributed by atoms with Crippen LogP contribution in [-0.2, 0) is 13.1 Å². The van der Waals surface area contributed by atoms with E-state index in [1.807, 2.05) is 24.3 Å². The molecule has 0 spiro atoms. The molecule has 280 valence electrons. The van der Waals surface area contributed by atoms with Gasteiger partial charge in [-0.15, -0.1) is 12.4 Å². The molecule has 5 aromatic rings. The van der Waals surface area contributed by atoms with E-state index in [9.17, 15) is 0 Å². The number of anilines is 1. The quantitative estimate of drug-likeness (QED) is 0.112. The first-order chi connectivity index (χ1) is 25.4. The zero-order valence-corrected chi connectivity index (χ0v) is 32.6. The second-order valence-corrected chi connectivity index (χ2v) is 13.2. The Morgan fingerprint density at radius 1 is 0.547 bits per heavy atom. The molecule has 8 nitrogen and oxygen atoms in total. The minimum absolute atomic E-state index is 0. The monoisotopic (exact) mass is 738 g/mol. The normalized spacial score (nSPS) is 13.1. The zero-order chi connectivity index (χ0) is 36.6. The summed E-state index contributed by atoms with van der Waals surface area (Å²) in [5.41, 5.74) is 9.30. The second kappa shape index (κ2) is 18.1. The molecule has 1 aliphatic rings. The molecule has 9 heteroatoms. The van der Waals surface area contributed by atoms with Crippen molar-refractivity contribution >= 4 is 18.1 Å². The Morgan fingerprint density at radius 2 is 1.00 bits per heavy atom. The Kier molecular flexibility index (Phi) is 13.4. The molecular formula is C44H51ClN2O6. The maximum absolute atomic E-state index is 5.65. The Bertz CT molecular complexity index is 1910. The predicted octanol–water partition coefficient (Wildman–Crippen LogP) is 9.47. The van der Waals surface area contributed by atoms with Crippen LogP contribution in [0.1, 0.15) is 29.5 Å². The van der Waals surface area contributed by atoms with Crippen molar-refractivity contribution in [2.24, 2.45) is 0 Å². The van der Waals surface area contributed by atoms with E-state index in [0.717, 1.165) is 61.3 Å². The number of rotatable bonds is 14. The van der Waals surface area contributed by atoms with Gasteiger partial charge in [-0.2, -0.15) is 0 Å². The molecule has 0 N–H and O–H groups in total. The van der Waals surface area contributed by atoms with Crippen molar-refractivity contribution in [1.29, 1.82) is 0 Å². The molecule has 1 aliphatic heterocycles. The summed E-state index contributed by atoms with van der Waals surface area (Å²) in [5, 5.41) is 0. The number of benzene rings is 5. The van der Waals surface area contributed by atoms with Crippen LogP contribution in [0.15, 0.2) is 97.1 Å². The van der Waals surface area contributed by atoms with Crippen LogP contribution in [0.2, 0.25) is 0 Å². The van der Waals surface area contributed by atoms with Crippen LogP contribution in [-0.4, -0.2) is 66.7 Å². The third kappa shape index (κ3) is 8.95. The van der Waals surface area contributed by atoms with Gasteiger partial charge in [0.2, 0.25) is 11.5 Å². The van der Waals surface area contributed by atoms with Gasteiger partial charge in [0.05, 0.1) is 42.7 Å². The van der Waals surface area contributed by atoms with E-state index in [-0.39, 0.29) is 12.4 Å². The average Bonchev–Trinajstić information content (AvgIpc) is 3.19. The lowest BCUT2D eigenvalue weighted by atomic mass is 9.98. The van der Waals surface area contributed by atoms with Gasteiger partial charge in [0.25, 0.3) is 0 Å². The minimum Gasteiger partial charge on any atom is -0.493 e. The molecule has 0 unspecified atom stereocenters. The Hall–Kier alpha value is -5.05. The van der Waals surface area contributed by atoms with Crippen LogP contribution < -0.4 is 33.3 Å². The second-order valence-electron chi connectivity index (χ2n) is 13.2. The molecule has 0 aromatic heterocycles. The molecule has 1 fully saturated rings. The standard InChI is InChI=1S/C44H50N2O6.ClH/c1-30-14-16-37(17-15-30)46(29-32-11-9-13-34(23-32)36-26-41(49-4)44(52-7)42(27-36)50-5)38-18-20-45(21-19-38)28-31-10-8-12-33(22-31)35-24-39(47-2)43(51-6)40(25-35)48-3;/h8-17,22-27,38H,18-21,28-29H2,1-7H3;1H. The van der Waals surface area contributed by atoms with Crippen molar-refractivity contribution < 1.29 is 28.4 Å². The van der Waals surface area contributed by atoms with Gasteiger partial charge in [-0.3, -0.25) is 4.90 Å². The molecule has 0 aliphatic carbocycles. The van der Waals surface area contributed by atoms with E-state index < -0.39 is 0 Å². The maximum atomic E-state index is 5.65. The third-order valence-corrected chi connectivity index (χ3v) is 9.97. The molecule has 0 amide bonds. The molecular weight excluding hydrogens is 688 g/mol. The summed E-state index contributed by atoms with van der Waals surface area (Å²) in [6.07, 6.45) is 2.15. The number of hydrogen-bond acceptors (Lipinski definition) is 8. The lowest BCUT2D eigenvalue weighted by Crippen LogP contribution is -2.44. The first kappa shape index (κ1) is 39.2. The Labute approximate surface area is 320 Å². The van der Waals surface area contributed by atoms with Crippen molar-refractivity contribution in [2.75, 3.05) is 60.6 Å². The highest BCUT2D eigenvalue weighted by Gasteiger charge is 2.26. The van der Waals surface area contributed by atoms with Gasteiger partial charge in [-0.05, 0) is 102 Å². The van der Waals surface area contributed by atoms with Gasteiger partial charge in [-0.1, -0.05) is 54.1 Å². The van der Waals surface area contributed by atoms with E-state index in [0.29, 0.717) is 40.5 Å². The van der Waals surface area contributed by atoms with Gasteiger partial charge in [0.15, 0.2) is 23.0 Å². The maximum Gasteiger partial charge on any atom is 0.203 e. The molecule has 6 rings (SSSR count). The summed E-state index contributed by atoms with van der Waals surface area (Å²) in [7, 11) is 9.85. The summed E-state index contributed by atoms with van der Waals surface area (Å²) < 4.78 is 33.6. The Morgan fingerprint density at radius 3 is 1.45 bits per heavy atom. The van der Waals surface area contributed by atoms with Crippen LogP contribution in [0.4, 0.5) is 5.69 Å². The van der Waals surface area contributed by atoms with Crippen molar-refractivity contribution in [3.8, 4) is 56.8 Å². The van der Waals surface area contributed by atoms with Crippen LogP contribution in [0.3, 0.4) is 0 Å². The van der Waals surface area contributed by atoms with Crippen molar-refractivity contribution in [3.63, 3.8) is 0 Å². The summed E-state index contributed by atoms with van der Waals surface area (Å²) in [6.45, 7) is 5.89. The molecule has 0 bridgehead atoms. The molecule has 0 radical (unpaired) electrons. The first-order valence-corrected chi connectivity index (χ1v) is 17.7. The van der Waals surface area contributed by atoms with Gasteiger partial charge in [-0.25, -0.2) is 0 Å². The van der Waals surface area contributed by atoms with Gasteiger partial charge in [0, 0.05) is 37.9 Å². The van der Waals surface area contributed by atoms with E-state index >= 15 is 0 Å². The first-order valence-electron chi connectivity index (χ1n) is 17.7. The predicted molar refractivity (Wildman–Crippen MR) is 216 cm³/mol. The largest absolute Gasteiger partial charge is 0.493 e. The van der Waals surface area contributed by atoms with Crippen LogP contribution in [0.5, 0.6) is 34.5 Å². The summed E-state index contributed by atoms with van der Waals surface area (Å²) in [4.78, 5) is 5.17. The highest BCUT2D eigenvalue weighted by molar-refractivity contribution is 5.85. The smallest absolute Gasteiger partial charge is 0.203 e. The van der Waals surface area contributed by atoms with Crippen molar-refractivity contribution in [3.05, 3.63) is 114 Å². The molecule has 53 heavy (non-hydrogen) atoms. The number of likely N-dealkylation sites (tertiary alicyclic amines) is 1. The fraction of sp³-hybridized carbons (Fsp3) is 0.318. The topological polar surface area (TPSA) is 61.9 Å². The van der Waals surface area contributed by atoms with Gasteiger partial charge >= 0.3 is 0 Å². The molecule has 0 saturated carbocycles. The van der Waals surface area contributed by atoms with E-state index in [2.05, 4.69) is 89.5 Å². The summed E-state index contributed by atoms with van der Waals surface area (Å²) in [5.74, 6) is 3.77. The summed E-state index contributed by atoms with van der Waals surface area (Å²) >= 11 is 0. The number of methoxy groups -OCH3 is 6. The number of piperidine rings is 1. The minimum atomic E-state index is 0. The van der Waals surface area contributed by atoms with Crippen LogP contribution in [0, 0.1) is 6.92 Å². The number of hydrogen-bond donors (Lipinski definition) is 0. The average molecular weight is 739 g/mol. The van der Waals surface area contributed by atoms with E-state index in [4.69, 9.17) is 28.4 Å². The molecule has 1 saturated heterocycles. The fourth-order valence-corrected chi connectivity index (χ4v) is 7.21. The van der Waals surface area contributed by atoms with E-state index in [1.54, 1.807) is 42.7 Å². The third-order valence-electron chi connectivity index (χ3n) is 9.97. The van der Waals surface area contributed by atoms with Crippen molar-refractivity contribution in [1.82, 2.24) is 4.90 Å². The summed E-state index contributed by atoms with van der Waals surface area (Å²) in [6, 6.07) is 34.9.